The van der Waals surface area contributed by atoms with Gasteiger partial charge in [-0.2, -0.15) is 5.10 Å². The maximum Gasteiger partial charge on any atom is 0.187 e. The first-order valence-corrected chi connectivity index (χ1v) is 6.34. The molecule has 2 aromatic heterocycles. The minimum absolute atomic E-state index is 0.371. The van der Waals surface area contributed by atoms with E-state index in [0.717, 1.165) is 16.4 Å². The van der Waals surface area contributed by atoms with E-state index in [-0.39, 0.29) is 0 Å². The van der Waals surface area contributed by atoms with Crippen LogP contribution in [0.3, 0.4) is 0 Å². The molecule has 5 heteroatoms. The molecule has 2 rings (SSSR count). The van der Waals surface area contributed by atoms with E-state index < -0.39 is 0 Å². The van der Waals surface area contributed by atoms with Gasteiger partial charge in [0, 0.05) is 24.0 Å². The van der Waals surface area contributed by atoms with Crippen LogP contribution in [0.1, 0.15) is 19.9 Å². The lowest BCUT2D eigenvalue weighted by atomic mass is 10.2. The van der Waals surface area contributed by atoms with Crippen LogP contribution >= 0.6 is 11.8 Å². The molecule has 0 unspecified atom stereocenters. The fourth-order valence-electron chi connectivity index (χ4n) is 1.35. The summed E-state index contributed by atoms with van der Waals surface area (Å²) in [6, 6.07) is 2.28. The number of nitrogens with zero attached hydrogens (tertiary/aromatic N) is 4. The highest BCUT2D eigenvalue weighted by Gasteiger charge is 2.06. The zero-order valence-corrected chi connectivity index (χ0v) is 10.4. The van der Waals surface area contributed by atoms with Gasteiger partial charge < -0.3 is 0 Å². The van der Waals surface area contributed by atoms with Gasteiger partial charge in [-0.05, 0) is 26.2 Å². The first kappa shape index (κ1) is 11.1. The van der Waals surface area contributed by atoms with E-state index >= 15 is 0 Å². The van der Waals surface area contributed by atoms with Crippen molar-refractivity contribution in [3.8, 4) is 11.3 Å². The molecule has 0 aliphatic carbocycles. The van der Waals surface area contributed by atoms with E-state index in [0.29, 0.717) is 6.04 Å². The molecule has 16 heavy (non-hydrogen) atoms. The summed E-state index contributed by atoms with van der Waals surface area (Å²) in [4.78, 5) is 8.58. The summed E-state index contributed by atoms with van der Waals surface area (Å²) < 4.78 is 1.93. The maximum absolute atomic E-state index is 4.43. The number of aromatic nitrogens is 4. The highest BCUT2D eigenvalue weighted by molar-refractivity contribution is 7.98. The van der Waals surface area contributed by atoms with Gasteiger partial charge in [-0.1, -0.05) is 11.8 Å². The second-order valence-electron chi connectivity index (χ2n) is 3.73. The van der Waals surface area contributed by atoms with Crippen molar-refractivity contribution in [2.75, 3.05) is 6.26 Å². The molecule has 0 fully saturated rings. The SMILES string of the molecule is CSc1nccc(-c2cnn(C(C)C)c2)n1. The molecule has 0 spiro atoms. The molecule has 4 nitrogen and oxygen atoms in total. The molecule has 0 N–H and O–H groups in total. The Kier molecular flexibility index (Phi) is 3.24. The van der Waals surface area contributed by atoms with E-state index in [9.17, 15) is 0 Å². The monoisotopic (exact) mass is 234 g/mol. The van der Waals surface area contributed by atoms with Crippen LogP contribution in [0.5, 0.6) is 0 Å². The molecular formula is C11H14N4S. The molecule has 0 aliphatic heterocycles. The lowest BCUT2D eigenvalue weighted by Gasteiger charge is -2.03. The molecule has 0 aliphatic rings. The first-order chi connectivity index (χ1) is 7.70. The summed E-state index contributed by atoms with van der Waals surface area (Å²) in [5, 5.41) is 5.08. The van der Waals surface area contributed by atoms with Crippen molar-refractivity contribution in [2.24, 2.45) is 0 Å². The Labute approximate surface area is 99.1 Å². The maximum atomic E-state index is 4.43. The van der Waals surface area contributed by atoms with Crippen molar-refractivity contribution in [1.82, 2.24) is 19.7 Å². The quantitative estimate of drug-likeness (QED) is 0.605. The van der Waals surface area contributed by atoms with Gasteiger partial charge in [0.2, 0.25) is 0 Å². The van der Waals surface area contributed by atoms with E-state index in [4.69, 9.17) is 0 Å². The average molecular weight is 234 g/mol. The van der Waals surface area contributed by atoms with E-state index in [2.05, 4.69) is 28.9 Å². The van der Waals surface area contributed by atoms with Crippen LogP contribution in [0.2, 0.25) is 0 Å². The fourth-order valence-corrected chi connectivity index (χ4v) is 1.71. The van der Waals surface area contributed by atoms with Gasteiger partial charge in [0.25, 0.3) is 0 Å². The van der Waals surface area contributed by atoms with Crippen molar-refractivity contribution in [3.63, 3.8) is 0 Å². The van der Waals surface area contributed by atoms with Gasteiger partial charge in [0.1, 0.15) is 0 Å². The molecule has 0 bridgehead atoms. The molecule has 0 aromatic carbocycles. The van der Waals surface area contributed by atoms with Gasteiger partial charge in [-0.3, -0.25) is 4.68 Å². The van der Waals surface area contributed by atoms with Crippen LogP contribution < -0.4 is 0 Å². The van der Waals surface area contributed by atoms with Crippen LogP contribution in [0, 0.1) is 0 Å². The summed E-state index contributed by atoms with van der Waals surface area (Å²) in [5.74, 6) is 0. The van der Waals surface area contributed by atoms with Gasteiger partial charge in [0.15, 0.2) is 5.16 Å². The topological polar surface area (TPSA) is 43.6 Å². The Morgan fingerprint density at radius 3 is 2.81 bits per heavy atom. The molecule has 0 radical (unpaired) electrons. The van der Waals surface area contributed by atoms with Gasteiger partial charge in [-0.25, -0.2) is 9.97 Å². The third-order valence-corrected chi connectivity index (χ3v) is 2.80. The second-order valence-corrected chi connectivity index (χ2v) is 4.50. The zero-order valence-electron chi connectivity index (χ0n) is 9.58. The Balaban J connectivity index is 2.34. The zero-order chi connectivity index (χ0) is 11.5. The van der Waals surface area contributed by atoms with Crippen LogP contribution in [0.25, 0.3) is 11.3 Å². The van der Waals surface area contributed by atoms with E-state index in [1.54, 1.807) is 18.0 Å². The Morgan fingerprint density at radius 2 is 2.19 bits per heavy atom. The van der Waals surface area contributed by atoms with Crippen LogP contribution in [0.15, 0.2) is 29.8 Å². The third-order valence-electron chi connectivity index (χ3n) is 2.24. The molecule has 2 heterocycles. The number of thioether (sulfide) groups is 1. The molecular weight excluding hydrogens is 220 g/mol. The van der Waals surface area contributed by atoms with E-state index in [1.807, 2.05) is 29.4 Å². The normalized spacial score (nSPS) is 11.0. The van der Waals surface area contributed by atoms with Crippen molar-refractivity contribution in [3.05, 3.63) is 24.7 Å². The third kappa shape index (κ3) is 2.24. The van der Waals surface area contributed by atoms with E-state index in [1.165, 1.54) is 0 Å². The van der Waals surface area contributed by atoms with Gasteiger partial charge in [0.05, 0.1) is 11.9 Å². The minimum atomic E-state index is 0.371. The fraction of sp³-hybridized carbons (Fsp3) is 0.364. The summed E-state index contributed by atoms with van der Waals surface area (Å²) in [6.07, 6.45) is 7.60. The lowest BCUT2D eigenvalue weighted by molar-refractivity contribution is 0.532. The Hall–Kier alpha value is -1.36. The standard InChI is InChI=1S/C11H14N4S/c1-8(2)15-7-9(6-13-15)10-4-5-12-11(14-10)16-3/h4-8H,1-3H3. The van der Waals surface area contributed by atoms with Gasteiger partial charge >= 0.3 is 0 Å². The second kappa shape index (κ2) is 4.65. The summed E-state index contributed by atoms with van der Waals surface area (Å²) in [5.41, 5.74) is 1.96. The van der Waals surface area contributed by atoms with Gasteiger partial charge in [-0.15, -0.1) is 0 Å². The summed E-state index contributed by atoms with van der Waals surface area (Å²) >= 11 is 1.54. The number of hydrogen-bond donors (Lipinski definition) is 0. The lowest BCUT2D eigenvalue weighted by Crippen LogP contribution is -1.99. The predicted molar refractivity (Wildman–Crippen MR) is 65.4 cm³/mol. The molecule has 84 valence electrons. The largest absolute Gasteiger partial charge is 0.270 e. The summed E-state index contributed by atoms with van der Waals surface area (Å²) in [6.45, 7) is 4.20. The molecule has 0 atom stereocenters. The Bertz CT molecular complexity index is 478. The summed E-state index contributed by atoms with van der Waals surface area (Å²) in [7, 11) is 0. The first-order valence-electron chi connectivity index (χ1n) is 5.12. The number of hydrogen-bond acceptors (Lipinski definition) is 4. The predicted octanol–water partition coefficient (Wildman–Crippen LogP) is 2.64. The molecule has 0 amide bonds. The highest BCUT2D eigenvalue weighted by Crippen LogP contribution is 2.19. The van der Waals surface area contributed by atoms with Crippen LogP contribution in [0.4, 0.5) is 0 Å². The van der Waals surface area contributed by atoms with Crippen molar-refractivity contribution in [2.45, 2.75) is 25.0 Å². The molecule has 0 saturated heterocycles. The van der Waals surface area contributed by atoms with Crippen LogP contribution in [-0.2, 0) is 0 Å². The number of rotatable bonds is 3. The van der Waals surface area contributed by atoms with Crippen molar-refractivity contribution in [1.29, 1.82) is 0 Å². The molecule has 0 saturated carbocycles. The van der Waals surface area contributed by atoms with Crippen molar-refractivity contribution < 1.29 is 0 Å². The van der Waals surface area contributed by atoms with Crippen LogP contribution in [-0.4, -0.2) is 26.0 Å². The Morgan fingerprint density at radius 1 is 1.38 bits per heavy atom. The average Bonchev–Trinajstić information content (AvgIpc) is 2.78. The molecule has 2 aromatic rings. The highest BCUT2D eigenvalue weighted by atomic mass is 32.2. The smallest absolute Gasteiger partial charge is 0.187 e. The minimum Gasteiger partial charge on any atom is -0.270 e. The van der Waals surface area contributed by atoms with Crippen molar-refractivity contribution >= 4 is 11.8 Å².